The SMILES string of the molecule is Cc1cn2c(C(N)C(=O)O)cnc2s1. The monoisotopic (exact) mass is 211 g/mol. The molecule has 5 nitrogen and oxygen atoms in total. The number of carbonyl (C=O) groups is 1. The third-order valence-electron chi connectivity index (χ3n) is 1.94. The van der Waals surface area contributed by atoms with Crippen LogP contribution in [0.15, 0.2) is 12.4 Å². The molecule has 2 rings (SSSR count). The Labute approximate surface area is 83.8 Å². The molecule has 0 amide bonds. The highest BCUT2D eigenvalue weighted by atomic mass is 32.1. The predicted octanol–water partition coefficient (Wildman–Crippen LogP) is 0.789. The van der Waals surface area contributed by atoms with Crippen molar-refractivity contribution in [2.45, 2.75) is 13.0 Å². The lowest BCUT2D eigenvalue weighted by Gasteiger charge is -2.03. The molecular formula is C8H9N3O2S. The van der Waals surface area contributed by atoms with Crippen molar-refractivity contribution < 1.29 is 9.90 Å². The molecule has 0 saturated carbocycles. The highest BCUT2D eigenvalue weighted by Crippen LogP contribution is 2.20. The molecule has 0 saturated heterocycles. The molecule has 2 aromatic heterocycles. The number of carboxylic acids is 1. The number of aryl methyl sites for hydroxylation is 1. The lowest BCUT2D eigenvalue weighted by molar-refractivity contribution is -0.138. The van der Waals surface area contributed by atoms with Gasteiger partial charge in [0.2, 0.25) is 0 Å². The van der Waals surface area contributed by atoms with Crippen molar-refractivity contribution >= 4 is 22.3 Å². The Morgan fingerprint density at radius 3 is 3.14 bits per heavy atom. The maximum Gasteiger partial charge on any atom is 0.326 e. The van der Waals surface area contributed by atoms with Crippen LogP contribution in [0.4, 0.5) is 0 Å². The summed E-state index contributed by atoms with van der Waals surface area (Å²) in [7, 11) is 0. The number of hydrogen-bond acceptors (Lipinski definition) is 4. The second kappa shape index (κ2) is 3.07. The fourth-order valence-electron chi connectivity index (χ4n) is 1.27. The van der Waals surface area contributed by atoms with Gasteiger partial charge in [0.1, 0.15) is 6.04 Å². The van der Waals surface area contributed by atoms with Gasteiger partial charge >= 0.3 is 5.97 Å². The van der Waals surface area contributed by atoms with Crippen LogP contribution in [0.5, 0.6) is 0 Å². The summed E-state index contributed by atoms with van der Waals surface area (Å²) in [5, 5.41) is 8.76. The van der Waals surface area contributed by atoms with Gasteiger partial charge in [-0.3, -0.25) is 9.20 Å². The van der Waals surface area contributed by atoms with E-state index in [1.807, 2.05) is 13.1 Å². The number of thiazole rings is 1. The largest absolute Gasteiger partial charge is 0.480 e. The molecular weight excluding hydrogens is 202 g/mol. The number of carboxylic acid groups (broad SMARTS) is 1. The molecule has 0 spiro atoms. The summed E-state index contributed by atoms with van der Waals surface area (Å²) in [5.41, 5.74) is 6.01. The summed E-state index contributed by atoms with van der Waals surface area (Å²) in [5.74, 6) is -1.05. The minimum atomic E-state index is -1.05. The smallest absolute Gasteiger partial charge is 0.326 e. The lowest BCUT2D eigenvalue weighted by Crippen LogP contribution is -2.21. The first kappa shape index (κ1) is 9.17. The summed E-state index contributed by atoms with van der Waals surface area (Å²) in [4.78, 5) is 16.6. The van der Waals surface area contributed by atoms with Crippen molar-refractivity contribution in [3.63, 3.8) is 0 Å². The van der Waals surface area contributed by atoms with Gasteiger partial charge in [0.25, 0.3) is 0 Å². The van der Waals surface area contributed by atoms with Crippen molar-refractivity contribution in [3.05, 3.63) is 23.0 Å². The van der Waals surface area contributed by atoms with Gasteiger partial charge < -0.3 is 10.8 Å². The van der Waals surface area contributed by atoms with Crippen molar-refractivity contribution in [3.8, 4) is 0 Å². The van der Waals surface area contributed by atoms with Gasteiger partial charge in [-0.1, -0.05) is 0 Å². The van der Waals surface area contributed by atoms with Gasteiger partial charge in [-0.25, -0.2) is 4.98 Å². The Hall–Kier alpha value is -1.40. The Balaban J connectivity index is 2.56. The first-order chi connectivity index (χ1) is 6.59. The van der Waals surface area contributed by atoms with Crippen molar-refractivity contribution in [2.24, 2.45) is 5.73 Å². The van der Waals surface area contributed by atoms with Gasteiger partial charge in [0, 0.05) is 11.1 Å². The third kappa shape index (κ3) is 1.28. The van der Waals surface area contributed by atoms with Gasteiger partial charge in [-0.05, 0) is 6.92 Å². The standard InChI is InChI=1S/C8H9N3O2S/c1-4-3-11-5(6(9)7(12)13)2-10-8(11)14-4/h2-3,6H,9H2,1H3,(H,12,13). The van der Waals surface area contributed by atoms with Crippen LogP contribution in [0.3, 0.4) is 0 Å². The fourth-order valence-corrected chi connectivity index (χ4v) is 2.08. The molecule has 0 fully saturated rings. The molecule has 74 valence electrons. The topological polar surface area (TPSA) is 80.6 Å². The normalized spacial score (nSPS) is 13.3. The van der Waals surface area contributed by atoms with Crippen molar-refractivity contribution in [1.82, 2.24) is 9.38 Å². The lowest BCUT2D eigenvalue weighted by atomic mass is 10.2. The zero-order valence-electron chi connectivity index (χ0n) is 7.47. The minimum absolute atomic E-state index is 0.511. The van der Waals surface area contributed by atoms with E-state index in [1.54, 1.807) is 4.40 Å². The Morgan fingerprint density at radius 1 is 1.79 bits per heavy atom. The molecule has 0 aliphatic heterocycles. The zero-order chi connectivity index (χ0) is 10.3. The maximum absolute atomic E-state index is 10.7. The van der Waals surface area contributed by atoms with E-state index in [0.29, 0.717) is 5.69 Å². The Morgan fingerprint density at radius 2 is 2.50 bits per heavy atom. The van der Waals surface area contributed by atoms with Crippen LogP contribution in [-0.2, 0) is 4.79 Å². The van der Waals surface area contributed by atoms with E-state index in [2.05, 4.69) is 4.98 Å². The number of imidazole rings is 1. The molecule has 6 heteroatoms. The molecule has 0 aliphatic carbocycles. The molecule has 0 radical (unpaired) electrons. The van der Waals surface area contributed by atoms with Crippen LogP contribution in [0.25, 0.3) is 4.96 Å². The summed E-state index contributed by atoms with van der Waals surface area (Å²) < 4.78 is 1.72. The highest BCUT2D eigenvalue weighted by Gasteiger charge is 2.19. The molecule has 2 heterocycles. The van der Waals surface area contributed by atoms with E-state index in [9.17, 15) is 4.79 Å². The van der Waals surface area contributed by atoms with Gasteiger partial charge in [0.15, 0.2) is 4.96 Å². The molecule has 1 unspecified atom stereocenters. The first-order valence-electron chi connectivity index (χ1n) is 4.01. The predicted molar refractivity (Wildman–Crippen MR) is 52.4 cm³/mol. The van der Waals surface area contributed by atoms with E-state index < -0.39 is 12.0 Å². The van der Waals surface area contributed by atoms with E-state index >= 15 is 0 Å². The maximum atomic E-state index is 10.7. The van der Waals surface area contributed by atoms with E-state index in [4.69, 9.17) is 10.8 Å². The van der Waals surface area contributed by atoms with Crippen LogP contribution in [0.2, 0.25) is 0 Å². The van der Waals surface area contributed by atoms with E-state index in [1.165, 1.54) is 17.5 Å². The average Bonchev–Trinajstić information content (AvgIpc) is 2.61. The second-order valence-corrected chi connectivity index (χ2v) is 4.21. The molecule has 0 aromatic carbocycles. The fraction of sp³-hybridized carbons (Fsp3) is 0.250. The molecule has 2 aromatic rings. The van der Waals surface area contributed by atoms with Crippen LogP contribution in [0, 0.1) is 6.92 Å². The minimum Gasteiger partial charge on any atom is -0.480 e. The van der Waals surface area contributed by atoms with E-state index in [0.717, 1.165) is 9.84 Å². The van der Waals surface area contributed by atoms with Crippen LogP contribution in [0.1, 0.15) is 16.6 Å². The molecule has 3 N–H and O–H groups in total. The second-order valence-electron chi connectivity index (χ2n) is 2.99. The number of aliphatic carboxylic acids is 1. The van der Waals surface area contributed by atoms with Crippen LogP contribution in [-0.4, -0.2) is 20.5 Å². The third-order valence-corrected chi connectivity index (χ3v) is 2.85. The number of nitrogens with two attached hydrogens (primary N) is 1. The number of nitrogens with zero attached hydrogens (tertiary/aromatic N) is 2. The van der Waals surface area contributed by atoms with Gasteiger partial charge in [0.05, 0.1) is 11.9 Å². The summed E-state index contributed by atoms with van der Waals surface area (Å²) in [6.45, 7) is 1.94. The van der Waals surface area contributed by atoms with E-state index in [-0.39, 0.29) is 0 Å². The molecule has 14 heavy (non-hydrogen) atoms. The van der Waals surface area contributed by atoms with Gasteiger partial charge in [-0.15, -0.1) is 11.3 Å². The summed E-state index contributed by atoms with van der Waals surface area (Å²) in [6, 6.07) is -1.01. The molecule has 0 bridgehead atoms. The number of hydrogen-bond donors (Lipinski definition) is 2. The highest BCUT2D eigenvalue weighted by molar-refractivity contribution is 7.16. The number of aromatic nitrogens is 2. The average molecular weight is 211 g/mol. The Kier molecular flexibility index (Phi) is 2.01. The van der Waals surface area contributed by atoms with Crippen molar-refractivity contribution in [1.29, 1.82) is 0 Å². The van der Waals surface area contributed by atoms with Crippen molar-refractivity contribution in [2.75, 3.05) is 0 Å². The Bertz CT molecular complexity index is 488. The zero-order valence-corrected chi connectivity index (χ0v) is 8.28. The summed E-state index contributed by atoms with van der Waals surface area (Å²) >= 11 is 1.51. The molecule has 0 aliphatic rings. The first-order valence-corrected chi connectivity index (χ1v) is 4.83. The number of rotatable bonds is 2. The van der Waals surface area contributed by atoms with Gasteiger partial charge in [-0.2, -0.15) is 0 Å². The quantitative estimate of drug-likeness (QED) is 0.769. The molecule has 1 atom stereocenters. The number of fused-ring (bicyclic) bond motifs is 1. The van der Waals surface area contributed by atoms with Crippen LogP contribution >= 0.6 is 11.3 Å². The van der Waals surface area contributed by atoms with Crippen LogP contribution < -0.4 is 5.73 Å². The summed E-state index contributed by atoms with van der Waals surface area (Å²) in [6.07, 6.45) is 3.34.